The Bertz CT molecular complexity index is 1390. The van der Waals surface area contributed by atoms with Gasteiger partial charge in [0.2, 0.25) is 0 Å². The summed E-state index contributed by atoms with van der Waals surface area (Å²) >= 11 is 0. The summed E-state index contributed by atoms with van der Waals surface area (Å²) in [6, 6.07) is -1.13. The van der Waals surface area contributed by atoms with E-state index < -0.39 is 42.0 Å². The summed E-state index contributed by atoms with van der Waals surface area (Å²) in [7, 11) is 1.97. The Morgan fingerprint density at radius 1 is 0.432 bits per heavy atom. The highest BCUT2D eigenvalue weighted by atomic mass is 16.6. The first-order valence-electron chi connectivity index (χ1n) is 29.5. The van der Waals surface area contributed by atoms with Crippen LogP contribution in [0.25, 0.3) is 0 Å². The van der Waals surface area contributed by atoms with Crippen molar-refractivity contribution < 1.29 is 66.7 Å². The first-order valence-corrected chi connectivity index (χ1v) is 29.5. The van der Waals surface area contributed by atoms with Crippen molar-refractivity contribution in [2.45, 2.75) is 258 Å². The number of likely N-dealkylation sites (N-methyl/N-ethyl adjacent to an activating group) is 1. The van der Waals surface area contributed by atoms with Gasteiger partial charge in [-0.1, -0.05) is 156 Å². The third-order valence-electron chi connectivity index (χ3n) is 14.0. The van der Waals surface area contributed by atoms with Gasteiger partial charge < -0.3 is 38.1 Å². The van der Waals surface area contributed by atoms with Gasteiger partial charge in [0.05, 0.1) is 51.4 Å². The van der Waals surface area contributed by atoms with Gasteiger partial charge in [-0.15, -0.1) is 0 Å². The van der Waals surface area contributed by atoms with Crippen LogP contribution in [0.3, 0.4) is 0 Å². The summed E-state index contributed by atoms with van der Waals surface area (Å²) < 4.78 is 39.8. The number of unbranched alkanes of at least 4 members (excludes halogenated alkanes) is 20. The molecule has 2 heterocycles. The highest BCUT2D eigenvalue weighted by Gasteiger charge is 2.45. The van der Waals surface area contributed by atoms with E-state index in [0.29, 0.717) is 45.1 Å². The second kappa shape index (κ2) is 43.2. The second-order valence-corrected chi connectivity index (χ2v) is 21.2. The van der Waals surface area contributed by atoms with Crippen LogP contribution < -0.4 is 0 Å². The molecule has 2 saturated heterocycles. The van der Waals surface area contributed by atoms with Crippen LogP contribution in [0.15, 0.2) is 0 Å². The van der Waals surface area contributed by atoms with E-state index >= 15 is 0 Å². The number of piperidine rings is 1. The number of carbonyl (C=O) groups is 7. The SMILES string of the molecule is CCCCCCCCC(=O)OCC(COC(=O)CCCCCCCC)CC(=O)OC[C@H]1C[C@H](COC(=O)CC(COC(=O)CCCCCCCC)COC(=O)CCCCCCCC)N1C(=O)OC1CCCN(C)C1. The lowest BCUT2D eigenvalue weighted by molar-refractivity contribution is -0.159. The molecule has 0 bridgehead atoms. The molecule has 3 atom stereocenters. The van der Waals surface area contributed by atoms with Crippen molar-refractivity contribution in [2.75, 3.05) is 59.8 Å². The van der Waals surface area contributed by atoms with E-state index in [1.54, 1.807) is 0 Å². The molecule has 0 aliphatic carbocycles. The minimum atomic E-state index is -0.626. The van der Waals surface area contributed by atoms with E-state index in [9.17, 15) is 33.6 Å². The van der Waals surface area contributed by atoms with Crippen LogP contribution in [0, 0.1) is 11.8 Å². The smallest absolute Gasteiger partial charge is 0.410 e. The molecule has 0 N–H and O–H groups in total. The van der Waals surface area contributed by atoms with Gasteiger partial charge >= 0.3 is 41.9 Å². The second-order valence-electron chi connectivity index (χ2n) is 21.2. The molecule has 74 heavy (non-hydrogen) atoms. The summed E-state index contributed by atoms with van der Waals surface area (Å²) in [4.78, 5) is 95.0. The molecule has 0 aromatic rings. The molecule has 1 amide bonds. The maximum atomic E-state index is 13.8. The highest BCUT2D eigenvalue weighted by Crippen LogP contribution is 2.29. The number of nitrogens with zero attached hydrogens (tertiary/aromatic N) is 2. The van der Waals surface area contributed by atoms with Crippen molar-refractivity contribution in [1.29, 1.82) is 0 Å². The molecule has 0 radical (unpaired) electrons. The maximum Gasteiger partial charge on any atom is 0.410 e. The normalized spacial score (nSPS) is 16.6. The lowest BCUT2D eigenvalue weighted by Crippen LogP contribution is -2.63. The fourth-order valence-electron chi connectivity index (χ4n) is 9.34. The monoisotopic (exact) mass is 1050 g/mol. The number of esters is 6. The Kier molecular flexibility index (Phi) is 38.6. The van der Waals surface area contributed by atoms with Gasteiger partial charge in [-0.25, -0.2) is 4.79 Å². The summed E-state index contributed by atoms with van der Waals surface area (Å²) in [5.41, 5.74) is 0. The quantitative estimate of drug-likeness (QED) is 0.0318. The van der Waals surface area contributed by atoms with Gasteiger partial charge in [0.25, 0.3) is 0 Å². The molecule has 0 aromatic heterocycles. The lowest BCUT2D eigenvalue weighted by Gasteiger charge is -2.47. The zero-order chi connectivity index (χ0) is 54.0. The number of carbonyl (C=O) groups excluding carboxylic acids is 7. The largest absolute Gasteiger partial charge is 0.465 e. The van der Waals surface area contributed by atoms with Crippen LogP contribution in [0.5, 0.6) is 0 Å². The Balaban J connectivity index is 2.06. The zero-order valence-corrected chi connectivity index (χ0v) is 47.0. The van der Waals surface area contributed by atoms with E-state index in [4.69, 9.17) is 33.2 Å². The van der Waals surface area contributed by atoms with Gasteiger partial charge in [-0.2, -0.15) is 0 Å². The molecule has 2 aliphatic rings. The van der Waals surface area contributed by atoms with E-state index in [1.165, 1.54) is 30.6 Å². The Morgan fingerprint density at radius 3 is 1.08 bits per heavy atom. The molecule has 2 aliphatic heterocycles. The predicted molar refractivity (Wildman–Crippen MR) is 285 cm³/mol. The highest BCUT2D eigenvalue weighted by molar-refractivity contribution is 5.73. The third-order valence-corrected chi connectivity index (χ3v) is 14.0. The zero-order valence-electron chi connectivity index (χ0n) is 47.0. The standard InChI is InChI=1S/C58H102N2O14/c1-6-10-14-18-22-26-32-52(61)68-41-47(42-69-53(62)33-27-23-19-15-11-7-2)37-56(65)72-45-49-39-50(60(49)58(67)74-51-31-30-36-59(5)40-51)46-73-57(66)38-48(43-70-54(63)34-28-24-20-16-12-8-3)44-71-55(64)35-29-25-21-17-13-9-4/h47-51H,6-46H2,1-5H3/t49-,50-,51?/m1/s1. The van der Waals surface area contributed by atoms with Crippen molar-refractivity contribution in [1.82, 2.24) is 9.80 Å². The first-order chi connectivity index (χ1) is 35.9. The van der Waals surface area contributed by atoms with Crippen LogP contribution in [-0.2, 0) is 61.9 Å². The molecular weight excluding hydrogens is 949 g/mol. The molecule has 2 fully saturated rings. The number of ether oxygens (including phenoxy) is 7. The van der Waals surface area contributed by atoms with Crippen molar-refractivity contribution in [3.63, 3.8) is 0 Å². The average Bonchev–Trinajstić information content (AvgIpc) is 3.36. The van der Waals surface area contributed by atoms with Crippen LogP contribution in [0.4, 0.5) is 4.79 Å². The minimum absolute atomic E-state index is 0.108. The van der Waals surface area contributed by atoms with E-state index in [-0.39, 0.29) is 108 Å². The summed E-state index contributed by atoms with van der Waals surface area (Å²) in [6.45, 7) is 9.36. The molecule has 0 aromatic carbocycles. The minimum Gasteiger partial charge on any atom is -0.465 e. The van der Waals surface area contributed by atoms with E-state index in [2.05, 4.69) is 32.6 Å². The number of hydrogen-bond donors (Lipinski definition) is 0. The van der Waals surface area contributed by atoms with Crippen molar-refractivity contribution in [2.24, 2.45) is 11.8 Å². The molecule has 2 rings (SSSR count). The van der Waals surface area contributed by atoms with Gasteiger partial charge in [0.1, 0.15) is 19.3 Å². The number of hydrogen-bond acceptors (Lipinski definition) is 15. The number of amides is 1. The van der Waals surface area contributed by atoms with Crippen LogP contribution in [-0.4, -0.2) is 130 Å². The Hall–Kier alpha value is -3.95. The van der Waals surface area contributed by atoms with Crippen LogP contribution in [0.2, 0.25) is 0 Å². The first kappa shape index (κ1) is 66.2. The van der Waals surface area contributed by atoms with Crippen LogP contribution in [0.1, 0.15) is 240 Å². The molecule has 16 nitrogen and oxygen atoms in total. The van der Waals surface area contributed by atoms with Gasteiger partial charge in [-0.05, 0) is 58.5 Å². The van der Waals surface area contributed by atoms with Gasteiger partial charge in [0, 0.05) is 44.1 Å². The van der Waals surface area contributed by atoms with Gasteiger partial charge in [0.15, 0.2) is 0 Å². The van der Waals surface area contributed by atoms with Crippen molar-refractivity contribution in [3.05, 3.63) is 0 Å². The fraction of sp³-hybridized carbons (Fsp3) is 0.879. The lowest BCUT2D eigenvalue weighted by atomic mass is 9.94. The van der Waals surface area contributed by atoms with Crippen LogP contribution >= 0.6 is 0 Å². The number of likely N-dealkylation sites (tertiary alicyclic amines) is 2. The van der Waals surface area contributed by atoms with E-state index in [0.717, 1.165) is 116 Å². The molecular formula is C58H102N2O14. The number of rotatable bonds is 45. The third kappa shape index (κ3) is 33.2. The fourth-order valence-corrected chi connectivity index (χ4v) is 9.34. The summed E-state index contributed by atoms with van der Waals surface area (Å²) in [5, 5.41) is 0. The Labute approximate surface area is 446 Å². The maximum absolute atomic E-state index is 13.8. The molecule has 0 saturated carbocycles. The summed E-state index contributed by atoms with van der Waals surface area (Å²) in [6.07, 6.45) is 26.3. The Morgan fingerprint density at radius 2 is 0.757 bits per heavy atom. The van der Waals surface area contributed by atoms with E-state index in [1.807, 2.05) is 7.05 Å². The molecule has 1 unspecified atom stereocenters. The molecule has 428 valence electrons. The predicted octanol–water partition coefficient (Wildman–Crippen LogP) is 11.9. The van der Waals surface area contributed by atoms with Crippen molar-refractivity contribution >= 4 is 41.9 Å². The topological polar surface area (TPSA) is 191 Å². The molecule has 0 spiro atoms. The average molecular weight is 1050 g/mol. The molecule has 16 heteroatoms. The summed E-state index contributed by atoms with van der Waals surface area (Å²) in [5.74, 6) is -3.91. The van der Waals surface area contributed by atoms with Gasteiger partial charge in [-0.3, -0.25) is 33.7 Å². The van der Waals surface area contributed by atoms with Crippen molar-refractivity contribution in [3.8, 4) is 0 Å².